The lowest BCUT2D eigenvalue weighted by molar-refractivity contribution is 0.390. The fourth-order valence-electron chi connectivity index (χ4n) is 2.68. The molecule has 1 fully saturated rings. The molecule has 2 aromatic rings. The molecule has 1 unspecified atom stereocenters. The number of ether oxygens (including phenoxy) is 1. The van der Waals surface area contributed by atoms with E-state index in [2.05, 4.69) is 39.9 Å². The van der Waals surface area contributed by atoms with Crippen LogP contribution in [0.25, 0.3) is 0 Å². The highest BCUT2D eigenvalue weighted by atomic mass is 16.5. The van der Waals surface area contributed by atoms with Gasteiger partial charge in [0.05, 0.1) is 18.8 Å². The summed E-state index contributed by atoms with van der Waals surface area (Å²) < 4.78 is 5.04. The number of nitrogens with two attached hydrogens (primary N) is 1. The smallest absolute Gasteiger partial charge is 0.233 e. The van der Waals surface area contributed by atoms with Gasteiger partial charge < -0.3 is 4.74 Å². The van der Waals surface area contributed by atoms with Gasteiger partial charge in [-0.25, -0.2) is 5.43 Å². The second-order valence-corrected chi connectivity index (χ2v) is 5.40. The number of hydrogen-bond acceptors (Lipinski definition) is 5. The summed E-state index contributed by atoms with van der Waals surface area (Å²) in [5.41, 5.74) is 6.11. The Bertz CT molecular complexity index is 595. The predicted octanol–water partition coefficient (Wildman–Crippen LogP) is 2.31. The highest BCUT2D eigenvalue weighted by Crippen LogP contribution is 2.37. The second kappa shape index (κ2) is 6.20. The van der Waals surface area contributed by atoms with Gasteiger partial charge in [0, 0.05) is 6.07 Å². The van der Waals surface area contributed by atoms with Crippen LogP contribution in [0.15, 0.2) is 36.4 Å². The lowest BCUT2D eigenvalue weighted by Gasteiger charge is -2.27. The zero-order chi connectivity index (χ0) is 14.7. The summed E-state index contributed by atoms with van der Waals surface area (Å²) in [5.74, 6) is 6.93. The molecule has 3 N–H and O–H groups in total. The minimum atomic E-state index is -0.163. The van der Waals surface area contributed by atoms with Crippen LogP contribution in [0.1, 0.15) is 48.0 Å². The van der Waals surface area contributed by atoms with Crippen LogP contribution in [0.4, 0.5) is 0 Å². The molecule has 3 rings (SSSR count). The number of benzene rings is 1. The van der Waals surface area contributed by atoms with Crippen molar-refractivity contribution in [2.24, 2.45) is 5.84 Å². The second-order valence-electron chi connectivity index (χ2n) is 5.40. The number of methoxy groups -OCH3 is 1. The lowest BCUT2D eigenvalue weighted by Crippen LogP contribution is -2.29. The van der Waals surface area contributed by atoms with Crippen molar-refractivity contribution in [1.82, 2.24) is 15.6 Å². The fraction of sp³-hybridized carbons (Fsp3) is 0.375. The van der Waals surface area contributed by atoms with Crippen LogP contribution < -0.4 is 16.0 Å². The maximum Gasteiger partial charge on any atom is 0.233 e. The van der Waals surface area contributed by atoms with E-state index in [1.54, 1.807) is 13.2 Å². The molecule has 1 aliphatic carbocycles. The molecule has 0 radical (unpaired) electrons. The molecule has 1 heterocycles. The third kappa shape index (κ3) is 2.89. The Balaban J connectivity index is 1.87. The monoisotopic (exact) mass is 284 g/mol. The van der Waals surface area contributed by atoms with Gasteiger partial charge in [-0.05, 0) is 36.0 Å². The summed E-state index contributed by atoms with van der Waals surface area (Å²) in [6, 6.07) is 12.1. The summed E-state index contributed by atoms with van der Waals surface area (Å²) in [4.78, 5) is 0. The van der Waals surface area contributed by atoms with E-state index in [0.717, 1.165) is 11.3 Å². The van der Waals surface area contributed by atoms with Crippen LogP contribution in [0.2, 0.25) is 0 Å². The first-order valence-electron chi connectivity index (χ1n) is 7.25. The Labute approximate surface area is 124 Å². The van der Waals surface area contributed by atoms with Crippen molar-refractivity contribution in [1.29, 1.82) is 0 Å². The summed E-state index contributed by atoms with van der Waals surface area (Å²) >= 11 is 0. The van der Waals surface area contributed by atoms with E-state index in [1.165, 1.54) is 24.8 Å². The summed E-state index contributed by atoms with van der Waals surface area (Å²) in [6.07, 6.45) is 3.90. The normalized spacial score (nSPS) is 16.3. The Morgan fingerprint density at radius 1 is 1.24 bits per heavy atom. The maximum absolute atomic E-state index is 5.73. The Kier molecular flexibility index (Phi) is 4.13. The molecule has 21 heavy (non-hydrogen) atoms. The third-order valence-corrected chi connectivity index (χ3v) is 4.15. The van der Waals surface area contributed by atoms with Gasteiger partial charge in [-0.15, -0.1) is 10.2 Å². The minimum absolute atomic E-state index is 0.163. The zero-order valence-corrected chi connectivity index (χ0v) is 12.1. The Hall–Kier alpha value is -1.98. The van der Waals surface area contributed by atoms with Crippen molar-refractivity contribution >= 4 is 0 Å². The van der Waals surface area contributed by atoms with Gasteiger partial charge >= 0.3 is 0 Å². The van der Waals surface area contributed by atoms with Crippen molar-refractivity contribution in [2.45, 2.75) is 31.2 Å². The van der Waals surface area contributed by atoms with Crippen molar-refractivity contribution in [3.05, 3.63) is 53.2 Å². The van der Waals surface area contributed by atoms with Gasteiger partial charge in [-0.2, -0.15) is 0 Å². The number of nitrogens with zero attached hydrogens (tertiary/aromatic N) is 2. The number of aromatic nitrogens is 2. The predicted molar refractivity (Wildman–Crippen MR) is 80.8 cm³/mol. The van der Waals surface area contributed by atoms with Crippen molar-refractivity contribution in [2.75, 3.05) is 7.11 Å². The molecule has 0 saturated heterocycles. The molecule has 1 atom stereocenters. The van der Waals surface area contributed by atoms with Gasteiger partial charge in [0.1, 0.15) is 0 Å². The fourth-order valence-corrected chi connectivity index (χ4v) is 2.68. The quantitative estimate of drug-likeness (QED) is 0.651. The van der Waals surface area contributed by atoms with E-state index >= 15 is 0 Å². The molecule has 0 amide bonds. The number of rotatable bonds is 5. The molecule has 1 aromatic carbocycles. The van der Waals surface area contributed by atoms with Gasteiger partial charge in [0.15, 0.2) is 0 Å². The van der Waals surface area contributed by atoms with Crippen LogP contribution in [0, 0.1) is 0 Å². The summed E-state index contributed by atoms with van der Waals surface area (Å²) in [7, 11) is 1.57. The van der Waals surface area contributed by atoms with Crippen LogP contribution in [0.5, 0.6) is 5.88 Å². The van der Waals surface area contributed by atoms with E-state index in [4.69, 9.17) is 10.6 Å². The summed E-state index contributed by atoms with van der Waals surface area (Å²) in [6.45, 7) is 0. The average molecular weight is 284 g/mol. The first kappa shape index (κ1) is 14.0. The van der Waals surface area contributed by atoms with Gasteiger partial charge in [0.25, 0.3) is 0 Å². The van der Waals surface area contributed by atoms with Crippen LogP contribution >= 0.6 is 0 Å². The van der Waals surface area contributed by atoms with E-state index < -0.39 is 0 Å². The largest absolute Gasteiger partial charge is 0.480 e. The number of hydrazine groups is 1. The highest BCUT2D eigenvalue weighted by molar-refractivity contribution is 5.33. The first-order chi connectivity index (χ1) is 10.3. The number of nitrogens with one attached hydrogen (secondary N) is 1. The van der Waals surface area contributed by atoms with E-state index in [0.29, 0.717) is 11.8 Å². The molecule has 110 valence electrons. The Morgan fingerprint density at radius 2 is 2.10 bits per heavy atom. The number of hydrogen-bond donors (Lipinski definition) is 2. The van der Waals surface area contributed by atoms with Crippen molar-refractivity contribution < 1.29 is 4.74 Å². The van der Waals surface area contributed by atoms with Crippen LogP contribution in [-0.2, 0) is 0 Å². The molecule has 0 aliphatic heterocycles. The van der Waals surface area contributed by atoms with Crippen LogP contribution in [0.3, 0.4) is 0 Å². The Morgan fingerprint density at radius 3 is 2.67 bits per heavy atom. The minimum Gasteiger partial charge on any atom is -0.480 e. The molecule has 1 aliphatic rings. The van der Waals surface area contributed by atoms with Gasteiger partial charge in [-0.1, -0.05) is 30.7 Å². The van der Waals surface area contributed by atoms with E-state index in [9.17, 15) is 0 Å². The van der Waals surface area contributed by atoms with E-state index in [1.807, 2.05) is 6.07 Å². The average Bonchev–Trinajstić information content (AvgIpc) is 2.47. The zero-order valence-electron chi connectivity index (χ0n) is 12.1. The highest BCUT2D eigenvalue weighted by Gasteiger charge is 2.21. The molecular weight excluding hydrogens is 264 g/mol. The molecule has 5 heteroatoms. The molecular formula is C16H20N4O. The maximum atomic E-state index is 5.73. The summed E-state index contributed by atoms with van der Waals surface area (Å²) in [5, 5.41) is 8.20. The molecule has 1 saturated carbocycles. The molecule has 0 bridgehead atoms. The van der Waals surface area contributed by atoms with Crippen molar-refractivity contribution in [3.63, 3.8) is 0 Å². The van der Waals surface area contributed by atoms with E-state index in [-0.39, 0.29) is 6.04 Å². The first-order valence-corrected chi connectivity index (χ1v) is 7.25. The van der Waals surface area contributed by atoms with Gasteiger partial charge in [-0.3, -0.25) is 5.84 Å². The SMILES string of the molecule is COc1ccc(C(NN)c2cccc(C3CCC3)c2)nn1. The standard InChI is InChI=1S/C16H20N4O/c1-21-15-9-8-14(19-20-15)16(18-17)13-7-3-6-12(10-13)11-4-2-5-11/h3,6-11,16,18H,2,4-5,17H2,1H3. The van der Waals surface area contributed by atoms with Crippen LogP contribution in [-0.4, -0.2) is 17.3 Å². The molecule has 1 aromatic heterocycles. The molecule has 0 spiro atoms. The lowest BCUT2D eigenvalue weighted by atomic mass is 9.79. The van der Waals surface area contributed by atoms with Crippen molar-refractivity contribution in [3.8, 4) is 5.88 Å². The molecule has 5 nitrogen and oxygen atoms in total. The topological polar surface area (TPSA) is 73.1 Å². The third-order valence-electron chi connectivity index (χ3n) is 4.15. The van der Waals surface area contributed by atoms with Gasteiger partial charge in [0.2, 0.25) is 5.88 Å².